The van der Waals surface area contributed by atoms with Gasteiger partial charge in [-0.15, -0.1) is 11.3 Å². The van der Waals surface area contributed by atoms with Crippen LogP contribution in [-0.2, 0) is 0 Å². The zero-order chi connectivity index (χ0) is 16.9. The molecule has 122 valence electrons. The fraction of sp³-hybridized carbons (Fsp3) is 0.0588. The van der Waals surface area contributed by atoms with Crippen LogP contribution in [0.1, 0.15) is 5.56 Å². The van der Waals surface area contributed by atoms with Crippen LogP contribution in [0.3, 0.4) is 0 Å². The molecule has 0 aliphatic heterocycles. The Morgan fingerprint density at radius 2 is 2.12 bits per heavy atom. The molecule has 0 aliphatic rings. The standard InChI is InChI=1S/C17H13ClFN3OS/c1-23-16-7-6-11(8-14(16)19)15-10-24-17(21-15)22-20-9-12-4-2-3-5-13(12)18/h2-10H,1H3,(H,21,22)/b20-9-. The van der Waals surface area contributed by atoms with Crippen molar-refractivity contribution in [1.82, 2.24) is 4.98 Å². The minimum Gasteiger partial charge on any atom is -0.494 e. The number of ether oxygens (including phenoxy) is 1. The molecule has 2 aromatic carbocycles. The Hall–Kier alpha value is -2.44. The predicted octanol–water partition coefficient (Wildman–Crippen LogP) is 5.06. The van der Waals surface area contributed by atoms with Crippen molar-refractivity contribution in [3.63, 3.8) is 0 Å². The van der Waals surface area contributed by atoms with E-state index in [4.69, 9.17) is 16.3 Å². The molecule has 0 unspecified atom stereocenters. The van der Waals surface area contributed by atoms with E-state index >= 15 is 0 Å². The molecule has 0 fully saturated rings. The highest BCUT2D eigenvalue weighted by molar-refractivity contribution is 7.14. The normalized spacial score (nSPS) is 11.0. The SMILES string of the molecule is COc1ccc(-c2csc(N/N=C\c3ccccc3Cl)n2)cc1F. The Kier molecular flexibility index (Phi) is 5.08. The summed E-state index contributed by atoms with van der Waals surface area (Å²) in [6.45, 7) is 0. The van der Waals surface area contributed by atoms with Gasteiger partial charge in [-0.05, 0) is 24.3 Å². The summed E-state index contributed by atoms with van der Waals surface area (Å²) in [5.41, 5.74) is 4.99. The fourth-order valence-corrected chi connectivity index (χ4v) is 2.87. The number of rotatable bonds is 5. The molecule has 0 saturated heterocycles. The van der Waals surface area contributed by atoms with Gasteiger partial charge in [0.25, 0.3) is 0 Å². The molecule has 1 N–H and O–H groups in total. The van der Waals surface area contributed by atoms with E-state index in [9.17, 15) is 4.39 Å². The number of methoxy groups -OCH3 is 1. The number of nitrogens with one attached hydrogen (secondary N) is 1. The van der Waals surface area contributed by atoms with Gasteiger partial charge in [0.15, 0.2) is 11.6 Å². The molecular weight excluding hydrogens is 349 g/mol. The second-order valence-corrected chi connectivity index (χ2v) is 6.04. The number of anilines is 1. The first kappa shape index (κ1) is 16.4. The molecule has 0 atom stereocenters. The van der Waals surface area contributed by atoms with Gasteiger partial charge in [0.2, 0.25) is 5.13 Å². The quantitative estimate of drug-likeness (QED) is 0.510. The highest BCUT2D eigenvalue weighted by Crippen LogP contribution is 2.28. The average Bonchev–Trinajstić information content (AvgIpc) is 3.05. The first-order valence-electron chi connectivity index (χ1n) is 7.00. The summed E-state index contributed by atoms with van der Waals surface area (Å²) in [4.78, 5) is 4.38. The summed E-state index contributed by atoms with van der Waals surface area (Å²) in [7, 11) is 1.43. The van der Waals surface area contributed by atoms with Crippen LogP contribution < -0.4 is 10.2 Å². The zero-order valence-corrected chi connectivity index (χ0v) is 14.2. The zero-order valence-electron chi connectivity index (χ0n) is 12.7. The van der Waals surface area contributed by atoms with Crippen molar-refractivity contribution in [3.05, 3.63) is 64.2 Å². The van der Waals surface area contributed by atoms with Crippen LogP contribution in [0.5, 0.6) is 5.75 Å². The topological polar surface area (TPSA) is 46.5 Å². The number of hydrogen-bond donors (Lipinski definition) is 1. The molecule has 0 bridgehead atoms. The second kappa shape index (κ2) is 7.42. The molecule has 0 radical (unpaired) electrons. The van der Waals surface area contributed by atoms with Gasteiger partial charge in [-0.2, -0.15) is 5.10 Å². The second-order valence-electron chi connectivity index (χ2n) is 4.78. The smallest absolute Gasteiger partial charge is 0.203 e. The monoisotopic (exact) mass is 361 g/mol. The maximum atomic E-state index is 13.8. The van der Waals surface area contributed by atoms with Crippen molar-refractivity contribution >= 4 is 34.3 Å². The van der Waals surface area contributed by atoms with Gasteiger partial charge >= 0.3 is 0 Å². The van der Waals surface area contributed by atoms with E-state index in [1.54, 1.807) is 24.4 Å². The van der Waals surface area contributed by atoms with Crippen LogP contribution in [0.4, 0.5) is 9.52 Å². The van der Waals surface area contributed by atoms with Crippen LogP contribution in [0.25, 0.3) is 11.3 Å². The van der Waals surface area contributed by atoms with Crippen molar-refractivity contribution in [2.45, 2.75) is 0 Å². The lowest BCUT2D eigenvalue weighted by molar-refractivity contribution is 0.386. The van der Waals surface area contributed by atoms with E-state index in [1.807, 2.05) is 23.6 Å². The maximum Gasteiger partial charge on any atom is 0.203 e. The number of halogens is 2. The third-order valence-corrected chi connectivity index (χ3v) is 4.31. The Morgan fingerprint density at radius 3 is 2.88 bits per heavy atom. The largest absolute Gasteiger partial charge is 0.494 e. The minimum absolute atomic E-state index is 0.205. The van der Waals surface area contributed by atoms with Crippen molar-refractivity contribution in [2.75, 3.05) is 12.5 Å². The van der Waals surface area contributed by atoms with E-state index in [0.29, 0.717) is 21.4 Å². The molecular formula is C17H13ClFN3OS. The van der Waals surface area contributed by atoms with E-state index in [-0.39, 0.29) is 5.75 Å². The average molecular weight is 362 g/mol. The van der Waals surface area contributed by atoms with E-state index < -0.39 is 5.82 Å². The summed E-state index contributed by atoms with van der Waals surface area (Å²) in [5.74, 6) is -0.217. The lowest BCUT2D eigenvalue weighted by Crippen LogP contribution is -1.91. The van der Waals surface area contributed by atoms with Gasteiger partial charge in [0.05, 0.1) is 19.0 Å². The van der Waals surface area contributed by atoms with E-state index in [0.717, 1.165) is 5.56 Å². The van der Waals surface area contributed by atoms with Gasteiger partial charge in [0.1, 0.15) is 0 Å². The lowest BCUT2D eigenvalue weighted by atomic mass is 10.1. The third kappa shape index (κ3) is 3.72. The Bertz CT molecular complexity index is 882. The van der Waals surface area contributed by atoms with Gasteiger partial charge < -0.3 is 4.74 Å². The molecule has 0 saturated carbocycles. The van der Waals surface area contributed by atoms with Crippen LogP contribution in [-0.4, -0.2) is 18.3 Å². The molecule has 0 amide bonds. The first-order valence-corrected chi connectivity index (χ1v) is 8.26. The predicted molar refractivity (Wildman–Crippen MR) is 96.7 cm³/mol. The summed E-state index contributed by atoms with van der Waals surface area (Å²) < 4.78 is 18.7. The van der Waals surface area contributed by atoms with E-state index in [2.05, 4.69) is 15.5 Å². The molecule has 0 aliphatic carbocycles. The number of hydrazone groups is 1. The highest BCUT2D eigenvalue weighted by Gasteiger charge is 2.08. The molecule has 7 heteroatoms. The van der Waals surface area contributed by atoms with Crippen LogP contribution in [0.2, 0.25) is 5.02 Å². The fourth-order valence-electron chi connectivity index (χ4n) is 2.02. The first-order chi connectivity index (χ1) is 11.7. The summed E-state index contributed by atoms with van der Waals surface area (Å²) in [6.07, 6.45) is 1.62. The summed E-state index contributed by atoms with van der Waals surface area (Å²) in [5, 5.41) is 7.17. The van der Waals surface area contributed by atoms with Crippen LogP contribution in [0, 0.1) is 5.82 Å². The van der Waals surface area contributed by atoms with Crippen molar-refractivity contribution < 1.29 is 9.13 Å². The molecule has 3 rings (SSSR count). The number of nitrogens with zero attached hydrogens (tertiary/aromatic N) is 2. The number of hydrogen-bond acceptors (Lipinski definition) is 5. The van der Waals surface area contributed by atoms with Crippen LogP contribution >= 0.6 is 22.9 Å². The van der Waals surface area contributed by atoms with Crippen molar-refractivity contribution in [2.24, 2.45) is 5.10 Å². The Morgan fingerprint density at radius 1 is 1.29 bits per heavy atom. The van der Waals surface area contributed by atoms with E-state index in [1.165, 1.54) is 24.5 Å². The summed E-state index contributed by atoms with van der Waals surface area (Å²) in [6, 6.07) is 12.1. The van der Waals surface area contributed by atoms with Crippen molar-refractivity contribution in [3.8, 4) is 17.0 Å². The van der Waals surface area contributed by atoms with Crippen LogP contribution in [0.15, 0.2) is 52.9 Å². The molecule has 3 aromatic rings. The van der Waals surface area contributed by atoms with Gasteiger partial charge in [-0.25, -0.2) is 9.37 Å². The third-order valence-electron chi connectivity index (χ3n) is 3.22. The van der Waals surface area contributed by atoms with Gasteiger partial charge in [-0.3, -0.25) is 5.43 Å². The van der Waals surface area contributed by atoms with Gasteiger partial charge in [-0.1, -0.05) is 29.8 Å². The minimum atomic E-state index is -0.422. The number of aromatic nitrogens is 1. The summed E-state index contributed by atoms with van der Waals surface area (Å²) >= 11 is 7.43. The molecule has 1 heterocycles. The Balaban J connectivity index is 1.72. The highest BCUT2D eigenvalue weighted by atomic mass is 35.5. The molecule has 24 heavy (non-hydrogen) atoms. The Labute approximate surface area is 147 Å². The lowest BCUT2D eigenvalue weighted by Gasteiger charge is -2.02. The van der Waals surface area contributed by atoms with Crippen molar-refractivity contribution in [1.29, 1.82) is 0 Å². The van der Waals surface area contributed by atoms with Gasteiger partial charge in [0, 0.05) is 21.5 Å². The number of thiazole rings is 1. The molecule has 1 aromatic heterocycles. The molecule has 0 spiro atoms. The molecule has 4 nitrogen and oxygen atoms in total. The maximum absolute atomic E-state index is 13.8. The number of benzene rings is 2.